The zero-order valence-electron chi connectivity index (χ0n) is 48.4. The van der Waals surface area contributed by atoms with Crippen molar-refractivity contribution in [2.45, 2.75) is 179 Å². The van der Waals surface area contributed by atoms with Gasteiger partial charge >= 0.3 is 17.9 Å². The van der Waals surface area contributed by atoms with E-state index in [9.17, 15) is 87.5 Å². The van der Waals surface area contributed by atoms with Crippen LogP contribution in [-0.4, -0.2) is 186 Å². The molecule has 19 N–H and O–H groups in total. The molecule has 1 aromatic heterocycles. The number of likely N-dealkylation sites (tertiary alicyclic amines) is 1. The van der Waals surface area contributed by atoms with Crippen LogP contribution in [0.1, 0.15) is 112 Å². The molecule has 0 radical (unpaired) electrons. The summed E-state index contributed by atoms with van der Waals surface area (Å²) >= 11 is 0. The van der Waals surface area contributed by atoms with E-state index in [4.69, 9.17) is 17.2 Å². The predicted octanol–water partition coefficient (Wildman–Crippen LogP) is -3.79. The van der Waals surface area contributed by atoms with Gasteiger partial charge in [0.25, 0.3) is 0 Å². The Morgan fingerprint density at radius 3 is 1.62 bits per heavy atom. The number of aromatic amines is 1. The first-order chi connectivity index (χ1) is 39.8. The number of nitrogens with one attached hydrogen (secondary N) is 9. The number of hydrogen-bond acceptors (Lipinski definition) is 16. The van der Waals surface area contributed by atoms with Crippen LogP contribution >= 0.6 is 0 Å². The smallest absolute Gasteiger partial charge is 0.326 e. The van der Waals surface area contributed by atoms with Crippen molar-refractivity contribution in [3.63, 3.8) is 0 Å². The van der Waals surface area contributed by atoms with Crippen LogP contribution in [0, 0.1) is 17.8 Å². The van der Waals surface area contributed by atoms with Crippen molar-refractivity contribution >= 4 is 93.8 Å². The topological polar surface area (TPSA) is 513 Å². The highest BCUT2D eigenvalue weighted by atomic mass is 16.4. The molecule has 13 atom stereocenters. The number of carbonyl (C=O) groups excluding carboxylic acids is 11. The monoisotopic (exact) mass is 1200 g/mol. The van der Waals surface area contributed by atoms with Gasteiger partial charge in [-0.2, -0.15) is 0 Å². The summed E-state index contributed by atoms with van der Waals surface area (Å²) in [5.74, 6) is -17.9. The van der Waals surface area contributed by atoms with E-state index >= 15 is 0 Å². The van der Waals surface area contributed by atoms with Crippen LogP contribution in [0.3, 0.4) is 0 Å². The quantitative estimate of drug-likeness (QED) is 0.0315. The third-order valence-corrected chi connectivity index (χ3v) is 14.5. The summed E-state index contributed by atoms with van der Waals surface area (Å²) < 4.78 is 0. The minimum absolute atomic E-state index is 0.0309. The summed E-state index contributed by atoms with van der Waals surface area (Å²) in [6, 6.07) is -9.19. The lowest BCUT2D eigenvalue weighted by Crippen LogP contribution is -2.63. The van der Waals surface area contributed by atoms with Crippen molar-refractivity contribution < 1.29 is 87.5 Å². The molecule has 31 heteroatoms. The SMILES string of the molecule is CC[C@H](C)[C@H](NC(=O)[C@@H](NC(=O)[C@@H](N)CC(=O)O)[C@@H](C)CC)C(=O)N[C@@H](Cc1c[nH]c2ccccc12)C(=O)N[C@@H](CC(=O)O)C(=O)N[C@H](C(=O)N[C@@H](CC(N)=O)C(=O)N[C@H](C(=O)N1CCC[C@H]1C(=O)N[C@@H](CCC(N)=O)C(=O)O)[C@@H](C)O)C(C)C. The number of aromatic nitrogens is 1. The maximum atomic E-state index is 14.6. The lowest BCUT2D eigenvalue weighted by molar-refractivity contribution is -0.146. The van der Waals surface area contributed by atoms with Crippen molar-refractivity contribution in [2.75, 3.05) is 6.54 Å². The van der Waals surface area contributed by atoms with Crippen LogP contribution in [0.15, 0.2) is 30.5 Å². The lowest BCUT2D eigenvalue weighted by Gasteiger charge is -2.32. The highest BCUT2D eigenvalue weighted by Gasteiger charge is 2.42. The Bertz CT molecular complexity index is 2790. The van der Waals surface area contributed by atoms with Crippen molar-refractivity contribution in [1.29, 1.82) is 0 Å². The number of primary amides is 2. The average Bonchev–Trinajstić information content (AvgIpc) is 3.79. The molecule has 470 valence electrons. The van der Waals surface area contributed by atoms with Crippen molar-refractivity contribution in [2.24, 2.45) is 35.0 Å². The number of carboxylic acids is 3. The van der Waals surface area contributed by atoms with Crippen LogP contribution in [0.4, 0.5) is 0 Å². The highest BCUT2D eigenvalue weighted by molar-refractivity contribution is 6.01. The zero-order chi connectivity index (χ0) is 64.2. The Hall–Kier alpha value is -8.74. The first-order valence-corrected chi connectivity index (χ1v) is 27.8. The van der Waals surface area contributed by atoms with Crippen molar-refractivity contribution in [3.05, 3.63) is 36.0 Å². The van der Waals surface area contributed by atoms with Crippen LogP contribution in [0.25, 0.3) is 10.9 Å². The van der Waals surface area contributed by atoms with Gasteiger partial charge in [0.15, 0.2) is 0 Å². The van der Waals surface area contributed by atoms with Gasteiger partial charge in [-0.1, -0.05) is 72.6 Å². The zero-order valence-corrected chi connectivity index (χ0v) is 48.4. The molecule has 3 rings (SSSR count). The third kappa shape index (κ3) is 21.1. The van der Waals surface area contributed by atoms with Crippen LogP contribution in [0.5, 0.6) is 0 Å². The van der Waals surface area contributed by atoms with E-state index in [1.165, 1.54) is 13.8 Å². The Morgan fingerprint density at radius 1 is 0.600 bits per heavy atom. The molecule has 2 heterocycles. The Kier molecular flexibility index (Phi) is 27.3. The molecular weight excluding hydrogens is 1120 g/mol. The summed E-state index contributed by atoms with van der Waals surface area (Å²) in [7, 11) is 0. The number of aliphatic hydroxyl groups is 1. The molecule has 1 aliphatic rings. The first-order valence-electron chi connectivity index (χ1n) is 27.8. The van der Waals surface area contributed by atoms with E-state index in [0.717, 1.165) is 11.8 Å². The number of para-hydroxylation sites is 1. The van der Waals surface area contributed by atoms with Gasteiger partial charge in [-0.05, 0) is 55.6 Å². The van der Waals surface area contributed by atoms with Gasteiger partial charge in [0.2, 0.25) is 65.0 Å². The molecule has 1 aliphatic heterocycles. The Labute approximate surface area is 489 Å². The Morgan fingerprint density at radius 2 is 1.09 bits per heavy atom. The fraction of sp³-hybridized carbons (Fsp3) is 0.593. The van der Waals surface area contributed by atoms with Gasteiger partial charge in [0.1, 0.15) is 54.4 Å². The van der Waals surface area contributed by atoms with E-state index in [1.807, 2.05) is 0 Å². The largest absolute Gasteiger partial charge is 0.481 e. The van der Waals surface area contributed by atoms with E-state index < -0.39 is 186 Å². The molecule has 0 saturated carbocycles. The van der Waals surface area contributed by atoms with Gasteiger partial charge in [-0.25, -0.2) is 4.79 Å². The number of amides is 11. The maximum absolute atomic E-state index is 14.6. The molecule has 1 fully saturated rings. The minimum Gasteiger partial charge on any atom is -0.481 e. The Balaban J connectivity index is 1.93. The van der Waals surface area contributed by atoms with Gasteiger partial charge in [-0.3, -0.25) is 62.3 Å². The number of H-pyrrole nitrogens is 1. The lowest BCUT2D eigenvalue weighted by atomic mass is 9.94. The highest BCUT2D eigenvalue weighted by Crippen LogP contribution is 2.22. The normalized spacial score (nSPS) is 17.3. The third-order valence-electron chi connectivity index (χ3n) is 14.5. The minimum atomic E-state index is -1.98. The molecule has 2 aromatic rings. The molecular formula is C54H81N13O18. The molecule has 1 aromatic carbocycles. The average molecular weight is 1200 g/mol. The van der Waals surface area contributed by atoms with E-state index in [0.29, 0.717) is 22.9 Å². The van der Waals surface area contributed by atoms with Crippen molar-refractivity contribution in [1.82, 2.24) is 52.4 Å². The van der Waals surface area contributed by atoms with Gasteiger partial charge < -0.3 is 90.0 Å². The van der Waals surface area contributed by atoms with Gasteiger partial charge in [-0.15, -0.1) is 0 Å². The van der Waals surface area contributed by atoms with Crippen LogP contribution in [0.2, 0.25) is 0 Å². The number of aliphatic carboxylic acids is 3. The molecule has 31 nitrogen and oxygen atoms in total. The summed E-state index contributed by atoms with van der Waals surface area (Å²) in [6.45, 7) is 10.6. The molecule has 0 aliphatic carbocycles. The number of rotatable bonds is 35. The summed E-state index contributed by atoms with van der Waals surface area (Å²) in [6.07, 6.45) is -3.05. The second kappa shape index (κ2) is 32.9. The van der Waals surface area contributed by atoms with E-state index in [1.54, 1.807) is 58.2 Å². The maximum Gasteiger partial charge on any atom is 0.326 e. The molecule has 0 unspecified atom stereocenters. The second-order valence-electron chi connectivity index (χ2n) is 21.5. The molecule has 11 amide bonds. The fourth-order valence-electron chi connectivity index (χ4n) is 9.23. The van der Waals surface area contributed by atoms with E-state index in [2.05, 4.69) is 47.5 Å². The summed E-state index contributed by atoms with van der Waals surface area (Å²) in [4.78, 5) is 189. The second-order valence-corrected chi connectivity index (χ2v) is 21.5. The van der Waals surface area contributed by atoms with Gasteiger partial charge in [0, 0.05) is 36.5 Å². The first kappa shape index (κ1) is 70.5. The fourth-order valence-corrected chi connectivity index (χ4v) is 9.23. The predicted molar refractivity (Wildman–Crippen MR) is 300 cm³/mol. The number of nitrogens with zero attached hydrogens (tertiary/aromatic N) is 1. The van der Waals surface area contributed by atoms with Crippen molar-refractivity contribution in [3.8, 4) is 0 Å². The number of benzene rings is 1. The number of carboxylic acid groups (broad SMARTS) is 3. The molecule has 1 saturated heterocycles. The molecule has 0 bridgehead atoms. The summed E-state index contributed by atoms with van der Waals surface area (Å²) in [5.41, 5.74) is 17.5. The standard InChI is InChI=1S/C54H81N13O18/c1-8-25(5)42(65-52(82)43(26(6)9-2)64-45(75)30(55)20-39(71)72)51(81)61-33(19-28-23-58-31-14-11-10-13-29(28)31)46(76)60-35(22-40(73)74)48(78)63-41(24(3)4)50(80)62-34(21-38(57)70)47(77)66-44(27(7)68)53(83)67-18-12-15-36(67)49(79)59-32(54(84)85)16-17-37(56)69/h10-11,13-14,23-27,30,32-36,41-44,58,68H,8-9,12,15-22,55H2,1-7H3,(H2,56,69)(H2,57,70)(H,59,79)(H,60,76)(H,61,81)(H,62,80)(H,63,78)(H,64,75)(H,65,82)(H,66,77)(H,71,72)(H,73,74)(H,84,85)/t25-,26-,27+,30-,32-,33-,34-,35-,36-,41-,42-,43-,44-/m0/s1. The molecule has 0 spiro atoms. The number of fused-ring (bicyclic) bond motifs is 1. The number of carbonyl (C=O) groups is 14. The molecule has 85 heavy (non-hydrogen) atoms. The van der Waals surface area contributed by atoms with Gasteiger partial charge in [0.05, 0.1) is 31.4 Å². The number of aliphatic hydroxyl groups excluding tert-OH is 1. The van der Waals surface area contributed by atoms with Crippen LogP contribution in [-0.2, 0) is 73.5 Å². The van der Waals surface area contributed by atoms with Crippen LogP contribution < -0.4 is 59.7 Å². The number of hydrogen-bond donors (Lipinski definition) is 16. The van der Waals surface area contributed by atoms with E-state index in [-0.39, 0.29) is 45.1 Å². The number of nitrogens with two attached hydrogens (primary N) is 3. The summed E-state index contributed by atoms with van der Waals surface area (Å²) in [5, 5.41) is 59.5.